The van der Waals surface area contributed by atoms with Crippen molar-refractivity contribution >= 4 is 39.5 Å². The van der Waals surface area contributed by atoms with Gasteiger partial charge >= 0.3 is 5.97 Å². The summed E-state index contributed by atoms with van der Waals surface area (Å²) in [6, 6.07) is 4.48. The molecule has 0 heterocycles. The van der Waals surface area contributed by atoms with Gasteiger partial charge in [-0.3, -0.25) is 0 Å². The molecule has 0 saturated carbocycles. The Morgan fingerprint density at radius 1 is 1.29 bits per heavy atom. The number of rotatable bonds is 2. The number of hydrogen-bond donors (Lipinski definition) is 4. The number of nitrogens with zero attached hydrogens (tertiary/aromatic N) is 2. The second-order valence-electron chi connectivity index (χ2n) is 2.97. The molecule has 0 atom stereocenters. The molecule has 1 aromatic rings. The van der Waals surface area contributed by atoms with Crippen LogP contribution in [0.1, 0.15) is 10.4 Å². The van der Waals surface area contributed by atoms with Crippen LogP contribution in [0.15, 0.2) is 32.7 Å². The molecule has 17 heavy (non-hydrogen) atoms. The summed E-state index contributed by atoms with van der Waals surface area (Å²) in [5.74, 6) is -1.59. The third-order valence-electron chi connectivity index (χ3n) is 1.67. The van der Waals surface area contributed by atoms with Crippen molar-refractivity contribution in [1.82, 2.24) is 0 Å². The van der Waals surface area contributed by atoms with Gasteiger partial charge in [0.05, 0.1) is 11.3 Å². The predicted molar refractivity (Wildman–Crippen MR) is 68.2 cm³/mol. The van der Waals surface area contributed by atoms with Gasteiger partial charge in [0.25, 0.3) is 0 Å². The summed E-state index contributed by atoms with van der Waals surface area (Å²) in [6.45, 7) is 0. The summed E-state index contributed by atoms with van der Waals surface area (Å²) in [5.41, 5.74) is 15.8. The number of carboxylic acids is 1. The zero-order valence-corrected chi connectivity index (χ0v) is 10.2. The number of nitrogens with two attached hydrogens (primary N) is 3. The van der Waals surface area contributed by atoms with Gasteiger partial charge in [0.2, 0.25) is 5.96 Å². The van der Waals surface area contributed by atoms with Gasteiger partial charge in [0.1, 0.15) is 0 Å². The lowest BCUT2D eigenvalue weighted by molar-refractivity contribution is 0.0698. The van der Waals surface area contributed by atoms with Gasteiger partial charge < -0.3 is 22.3 Å². The lowest BCUT2D eigenvalue weighted by atomic mass is 10.2. The molecule has 0 unspecified atom stereocenters. The summed E-state index contributed by atoms with van der Waals surface area (Å²) in [4.78, 5) is 18.2. The maximum Gasteiger partial charge on any atom is 0.337 e. The number of aliphatic imine (C=N–C) groups is 2. The molecule has 7 nitrogen and oxygen atoms in total. The number of carboxylic acid groups (broad SMARTS) is 1. The second-order valence-corrected chi connectivity index (χ2v) is 3.89. The van der Waals surface area contributed by atoms with Crippen LogP contribution < -0.4 is 17.2 Å². The maximum atomic E-state index is 10.9. The minimum Gasteiger partial charge on any atom is -0.478 e. The molecule has 7 N–H and O–H groups in total. The molecule has 0 aliphatic carbocycles. The fourth-order valence-corrected chi connectivity index (χ4v) is 1.41. The monoisotopic (exact) mass is 299 g/mol. The molecule has 0 radical (unpaired) electrons. The molecule has 0 spiro atoms. The molecule has 8 heteroatoms. The van der Waals surface area contributed by atoms with Crippen LogP contribution in [0.4, 0.5) is 5.69 Å². The van der Waals surface area contributed by atoms with Crippen LogP contribution >= 0.6 is 15.9 Å². The van der Waals surface area contributed by atoms with E-state index < -0.39 is 5.97 Å². The van der Waals surface area contributed by atoms with E-state index in [9.17, 15) is 4.79 Å². The van der Waals surface area contributed by atoms with E-state index in [1.807, 2.05) is 0 Å². The highest BCUT2D eigenvalue weighted by molar-refractivity contribution is 9.10. The maximum absolute atomic E-state index is 10.9. The van der Waals surface area contributed by atoms with Crippen molar-refractivity contribution in [3.8, 4) is 0 Å². The van der Waals surface area contributed by atoms with E-state index in [0.717, 1.165) is 0 Å². The van der Waals surface area contributed by atoms with E-state index in [0.29, 0.717) is 4.47 Å². The third kappa shape index (κ3) is 3.76. The molecule has 0 fully saturated rings. The lowest BCUT2D eigenvalue weighted by Crippen LogP contribution is -2.26. The van der Waals surface area contributed by atoms with Crippen molar-refractivity contribution in [2.24, 2.45) is 27.2 Å². The number of aromatic carboxylic acids is 1. The van der Waals surface area contributed by atoms with Crippen molar-refractivity contribution < 1.29 is 9.90 Å². The predicted octanol–water partition coefficient (Wildman–Crippen LogP) is 0.367. The molecule has 1 rings (SSSR count). The summed E-state index contributed by atoms with van der Waals surface area (Å²) in [6.07, 6.45) is 0. The van der Waals surface area contributed by atoms with Crippen molar-refractivity contribution in [1.29, 1.82) is 0 Å². The van der Waals surface area contributed by atoms with Crippen molar-refractivity contribution in [3.05, 3.63) is 28.2 Å². The number of halogens is 1. The van der Waals surface area contributed by atoms with E-state index in [2.05, 4.69) is 25.9 Å². The Balaban J connectivity index is 3.25. The highest BCUT2D eigenvalue weighted by Crippen LogP contribution is 2.24. The Morgan fingerprint density at radius 3 is 2.47 bits per heavy atom. The molecule has 0 bridgehead atoms. The quantitative estimate of drug-likeness (QED) is 0.461. The Kier molecular flexibility index (Phi) is 4.05. The van der Waals surface area contributed by atoms with Crippen LogP contribution in [0.5, 0.6) is 0 Å². The number of hydrogen-bond acceptors (Lipinski definition) is 2. The lowest BCUT2D eigenvalue weighted by Gasteiger charge is -2.02. The first kappa shape index (κ1) is 13.0. The minimum absolute atomic E-state index is 0.00180. The summed E-state index contributed by atoms with van der Waals surface area (Å²) in [5, 5.41) is 8.94. The van der Waals surface area contributed by atoms with Crippen LogP contribution in [0.3, 0.4) is 0 Å². The Hall–Kier alpha value is -2.09. The summed E-state index contributed by atoms with van der Waals surface area (Å²) in [7, 11) is 0. The average Bonchev–Trinajstić information content (AvgIpc) is 2.15. The SMILES string of the molecule is NC(N)=NC(N)=Nc1cc(Br)ccc1C(=O)O. The Bertz CT molecular complexity index is 508. The van der Waals surface area contributed by atoms with Crippen molar-refractivity contribution in [2.75, 3.05) is 0 Å². The number of guanidine groups is 2. The van der Waals surface area contributed by atoms with Crippen LogP contribution in [0.25, 0.3) is 0 Å². The zero-order valence-electron chi connectivity index (χ0n) is 8.59. The molecule has 0 amide bonds. The second kappa shape index (κ2) is 5.30. The van der Waals surface area contributed by atoms with E-state index in [4.69, 9.17) is 22.3 Å². The zero-order chi connectivity index (χ0) is 13.0. The molecular formula is C9H10BrN5O2. The van der Waals surface area contributed by atoms with Gasteiger partial charge in [-0.15, -0.1) is 0 Å². The highest BCUT2D eigenvalue weighted by Gasteiger charge is 2.10. The van der Waals surface area contributed by atoms with Gasteiger partial charge in [0.15, 0.2) is 5.96 Å². The van der Waals surface area contributed by atoms with E-state index in [-0.39, 0.29) is 23.2 Å². The largest absolute Gasteiger partial charge is 0.478 e. The fourth-order valence-electron chi connectivity index (χ4n) is 1.06. The van der Waals surface area contributed by atoms with Crippen molar-refractivity contribution in [3.63, 3.8) is 0 Å². The van der Waals surface area contributed by atoms with Crippen LogP contribution in [-0.4, -0.2) is 23.0 Å². The highest BCUT2D eigenvalue weighted by atomic mass is 79.9. The Labute approximate surface area is 105 Å². The summed E-state index contributed by atoms with van der Waals surface area (Å²) < 4.78 is 0.666. The van der Waals surface area contributed by atoms with Gasteiger partial charge in [-0.2, -0.15) is 4.99 Å². The normalized spacial score (nSPS) is 11.0. The first-order valence-electron chi connectivity index (χ1n) is 4.37. The molecule has 1 aromatic carbocycles. The standard InChI is InChI=1S/C9H10BrN5O2/c10-4-1-2-5(7(16)17)6(3-4)14-9(13)15-8(11)12/h1-3H,(H,16,17)(H6,11,12,13,14,15). The van der Waals surface area contributed by atoms with E-state index in [1.54, 1.807) is 6.07 Å². The molecule has 0 aliphatic heterocycles. The van der Waals surface area contributed by atoms with Gasteiger partial charge in [-0.25, -0.2) is 9.79 Å². The van der Waals surface area contributed by atoms with Crippen LogP contribution in [-0.2, 0) is 0 Å². The van der Waals surface area contributed by atoms with E-state index >= 15 is 0 Å². The summed E-state index contributed by atoms with van der Waals surface area (Å²) >= 11 is 3.20. The first-order chi connectivity index (χ1) is 7.90. The fraction of sp³-hybridized carbons (Fsp3) is 0. The van der Waals surface area contributed by atoms with Crippen LogP contribution in [0.2, 0.25) is 0 Å². The first-order valence-corrected chi connectivity index (χ1v) is 5.16. The number of benzene rings is 1. The van der Waals surface area contributed by atoms with Gasteiger partial charge in [0, 0.05) is 4.47 Å². The Morgan fingerprint density at radius 2 is 1.94 bits per heavy atom. The topological polar surface area (TPSA) is 140 Å². The molecular weight excluding hydrogens is 290 g/mol. The minimum atomic E-state index is -1.12. The van der Waals surface area contributed by atoms with Gasteiger partial charge in [-0.05, 0) is 18.2 Å². The van der Waals surface area contributed by atoms with Crippen molar-refractivity contribution in [2.45, 2.75) is 0 Å². The van der Waals surface area contributed by atoms with Gasteiger partial charge in [-0.1, -0.05) is 15.9 Å². The molecule has 90 valence electrons. The van der Waals surface area contributed by atoms with Crippen LogP contribution in [0, 0.1) is 0 Å². The molecule has 0 aromatic heterocycles. The average molecular weight is 300 g/mol. The molecule has 0 saturated heterocycles. The smallest absolute Gasteiger partial charge is 0.337 e. The third-order valence-corrected chi connectivity index (χ3v) is 2.16. The molecule has 0 aliphatic rings. The van der Waals surface area contributed by atoms with E-state index in [1.165, 1.54) is 12.1 Å². The number of carbonyl (C=O) groups is 1.